The molecule has 0 aliphatic heterocycles. The van der Waals surface area contributed by atoms with Crippen LogP contribution in [0.4, 0.5) is 5.69 Å². The van der Waals surface area contributed by atoms with Gasteiger partial charge in [0, 0.05) is 12.2 Å². The molecule has 0 amide bonds. The maximum absolute atomic E-state index is 11.8. The number of benzene rings is 1. The number of sulfone groups is 1. The van der Waals surface area contributed by atoms with E-state index in [-0.39, 0.29) is 10.5 Å². The van der Waals surface area contributed by atoms with Gasteiger partial charge in [0.25, 0.3) is 0 Å². The molecule has 4 heteroatoms. The molecular weight excluding hydrogens is 222 g/mol. The predicted octanol–water partition coefficient (Wildman–Crippen LogP) is 2.31. The van der Waals surface area contributed by atoms with Crippen molar-refractivity contribution in [2.24, 2.45) is 0 Å². The van der Waals surface area contributed by atoms with Crippen LogP contribution in [0, 0.1) is 0 Å². The minimum Gasteiger partial charge on any atom is -0.384 e. The van der Waals surface area contributed by atoms with Gasteiger partial charge in [-0.15, -0.1) is 0 Å². The molecule has 0 aromatic heterocycles. The fraction of sp³-hybridized carbons (Fsp3) is 0.500. The van der Waals surface area contributed by atoms with Crippen LogP contribution in [0.3, 0.4) is 0 Å². The van der Waals surface area contributed by atoms with Crippen LogP contribution in [-0.4, -0.2) is 25.5 Å². The molecule has 0 radical (unpaired) electrons. The number of hydrogen-bond acceptors (Lipinski definition) is 3. The van der Waals surface area contributed by atoms with Gasteiger partial charge in [0.2, 0.25) is 0 Å². The standard InChI is InChI=1S/C12H19NO2S/c1-10(2)16(14,15)11(3)9-13-12-7-5-4-6-8-12/h4-8,10-11,13H,9H2,1-3H3. The van der Waals surface area contributed by atoms with Crippen LogP contribution in [-0.2, 0) is 9.84 Å². The highest BCUT2D eigenvalue weighted by molar-refractivity contribution is 7.92. The summed E-state index contributed by atoms with van der Waals surface area (Å²) in [5.41, 5.74) is 0.952. The van der Waals surface area contributed by atoms with E-state index in [4.69, 9.17) is 0 Å². The third-order valence-corrected chi connectivity index (χ3v) is 5.19. The molecule has 1 rings (SSSR count). The molecule has 0 saturated carbocycles. The van der Waals surface area contributed by atoms with Gasteiger partial charge in [-0.3, -0.25) is 0 Å². The van der Waals surface area contributed by atoms with E-state index < -0.39 is 9.84 Å². The number of anilines is 1. The fourth-order valence-electron chi connectivity index (χ4n) is 1.40. The fourth-order valence-corrected chi connectivity index (χ4v) is 2.64. The van der Waals surface area contributed by atoms with E-state index in [1.54, 1.807) is 20.8 Å². The molecule has 0 spiro atoms. The van der Waals surface area contributed by atoms with Gasteiger partial charge < -0.3 is 5.32 Å². The highest BCUT2D eigenvalue weighted by atomic mass is 32.2. The molecular formula is C12H19NO2S. The number of nitrogens with one attached hydrogen (secondary N) is 1. The Bertz CT molecular complexity index is 412. The highest BCUT2D eigenvalue weighted by Crippen LogP contribution is 2.11. The largest absolute Gasteiger partial charge is 0.384 e. The minimum atomic E-state index is -3.01. The van der Waals surface area contributed by atoms with Crippen molar-refractivity contribution < 1.29 is 8.42 Å². The van der Waals surface area contributed by atoms with Crippen LogP contribution < -0.4 is 5.32 Å². The SMILES string of the molecule is CC(C)S(=O)(=O)C(C)CNc1ccccc1. The van der Waals surface area contributed by atoms with Gasteiger partial charge in [0.15, 0.2) is 9.84 Å². The second kappa shape index (κ2) is 5.34. The maximum atomic E-state index is 11.8. The van der Waals surface area contributed by atoms with Crippen molar-refractivity contribution in [3.8, 4) is 0 Å². The molecule has 1 aromatic rings. The van der Waals surface area contributed by atoms with Crippen LogP contribution in [0.2, 0.25) is 0 Å². The monoisotopic (exact) mass is 241 g/mol. The first-order valence-electron chi connectivity index (χ1n) is 5.46. The van der Waals surface area contributed by atoms with Crippen molar-refractivity contribution >= 4 is 15.5 Å². The van der Waals surface area contributed by atoms with E-state index in [1.165, 1.54) is 0 Å². The average molecular weight is 241 g/mol. The molecule has 1 N–H and O–H groups in total. The Hall–Kier alpha value is -1.03. The molecule has 0 saturated heterocycles. The summed E-state index contributed by atoms with van der Waals surface area (Å²) >= 11 is 0. The summed E-state index contributed by atoms with van der Waals surface area (Å²) in [6.45, 7) is 5.62. The van der Waals surface area contributed by atoms with E-state index in [1.807, 2.05) is 30.3 Å². The van der Waals surface area contributed by atoms with Crippen molar-refractivity contribution in [1.29, 1.82) is 0 Å². The summed E-state index contributed by atoms with van der Waals surface area (Å²) in [5, 5.41) is 2.44. The smallest absolute Gasteiger partial charge is 0.156 e. The summed E-state index contributed by atoms with van der Waals surface area (Å²) < 4.78 is 23.6. The molecule has 1 unspecified atom stereocenters. The summed E-state index contributed by atoms with van der Waals surface area (Å²) in [6.07, 6.45) is 0. The first-order valence-corrected chi connectivity index (χ1v) is 7.07. The Kier molecular flexibility index (Phi) is 4.35. The molecule has 3 nitrogen and oxygen atoms in total. The van der Waals surface area contributed by atoms with E-state index in [0.717, 1.165) is 5.69 Å². The van der Waals surface area contributed by atoms with Gasteiger partial charge in [0.05, 0.1) is 10.5 Å². The van der Waals surface area contributed by atoms with Crippen molar-refractivity contribution in [3.05, 3.63) is 30.3 Å². The second-order valence-electron chi connectivity index (χ2n) is 4.20. The maximum Gasteiger partial charge on any atom is 0.156 e. The van der Waals surface area contributed by atoms with Gasteiger partial charge in [-0.2, -0.15) is 0 Å². The lowest BCUT2D eigenvalue weighted by Crippen LogP contribution is -2.31. The van der Waals surface area contributed by atoms with E-state index >= 15 is 0 Å². The number of para-hydroxylation sites is 1. The lowest BCUT2D eigenvalue weighted by atomic mass is 10.3. The quantitative estimate of drug-likeness (QED) is 0.860. The van der Waals surface area contributed by atoms with Crippen LogP contribution in [0.1, 0.15) is 20.8 Å². The molecule has 0 bridgehead atoms. The first-order chi connectivity index (χ1) is 7.44. The van der Waals surface area contributed by atoms with Crippen molar-refractivity contribution in [1.82, 2.24) is 0 Å². The second-order valence-corrected chi connectivity index (χ2v) is 7.12. The third kappa shape index (κ3) is 3.23. The summed E-state index contributed by atoms with van der Waals surface area (Å²) in [4.78, 5) is 0. The van der Waals surface area contributed by atoms with Gasteiger partial charge in [-0.25, -0.2) is 8.42 Å². The zero-order chi connectivity index (χ0) is 12.2. The Morgan fingerprint density at radius 1 is 1.12 bits per heavy atom. The van der Waals surface area contributed by atoms with Gasteiger partial charge in [0.1, 0.15) is 0 Å². The molecule has 0 aliphatic carbocycles. The highest BCUT2D eigenvalue weighted by Gasteiger charge is 2.24. The molecule has 90 valence electrons. The van der Waals surface area contributed by atoms with E-state index in [9.17, 15) is 8.42 Å². The molecule has 0 aliphatic rings. The van der Waals surface area contributed by atoms with Crippen molar-refractivity contribution in [3.63, 3.8) is 0 Å². The zero-order valence-corrected chi connectivity index (χ0v) is 10.8. The van der Waals surface area contributed by atoms with Crippen molar-refractivity contribution in [2.75, 3.05) is 11.9 Å². The summed E-state index contributed by atoms with van der Waals surface area (Å²) in [5.74, 6) is 0. The van der Waals surface area contributed by atoms with Crippen molar-refractivity contribution in [2.45, 2.75) is 31.3 Å². The molecule has 16 heavy (non-hydrogen) atoms. The average Bonchev–Trinajstić information content (AvgIpc) is 2.27. The Morgan fingerprint density at radius 2 is 1.69 bits per heavy atom. The molecule has 1 aromatic carbocycles. The Morgan fingerprint density at radius 3 is 2.19 bits per heavy atom. The summed E-state index contributed by atoms with van der Waals surface area (Å²) in [7, 11) is -3.01. The Labute approximate surface area is 97.8 Å². The van der Waals surface area contributed by atoms with E-state index in [0.29, 0.717) is 6.54 Å². The lowest BCUT2D eigenvalue weighted by Gasteiger charge is -2.16. The normalized spacial score (nSPS) is 13.8. The topological polar surface area (TPSA) is 46.2 Å². The van der Waals surface area contributed by atoms with Gasteiger partial charge in [-0.05, 0) is 32.9 Å². The minimum absolute atomic E-state index is 0.319. The zero-order valence-electron chi connectivity index (χ0n) is 9.97. The summed E-state index contributed by atoms with van der Waals surface area (Å²) in [6, 6.07) is 9.62. The molecule has 0 fully saturated rings. The van der Waals surface area contributed by atoms with Gasteiger partial charge >= 0.3 is 0 Å². The number of hydrogen-bond donors (Lipinski definition) is 1. The molecule has 0 heterocycles. The lowest BCUT2D eigenvalue weighted by molar-refractivity contribution is 0.576. The third-order valence-electron chi connectivity index (χ3n) is 2.59. The van der Waals surface area contributed by atoms with E-state index in [2.05, 4.69) is 5.32 Å². The number of rotatable bonds is 5. The van der Waals surface area contributed by atoms with Crippen LogP contribution in [0.15, 0.2) is 30.3 Å². The first kappa shape index (κ1) is 13.0. The predicted molar refractivity (Wildman–Crippen MR) is 68.4 cm³/mol. The molecule has 1 atom stereocenters. The van der Waals surface area contributed by atoms with Crippen LogP contribution >= 0.6 is 0 Å². The van der Waals surface area contributed by atoms with Gasteiger partial charge in [-0.1, -0.05) is 18.2 Å². The Balaban J connectivity index is 2.57. The van der Waals surface area contributed by atoms with Crippen LogP contribution in [0.5, 0.6) is 0 Å². The van der Waals surface area contributed by atoms with Crippen LogP contribution in [0.25, 0.3) is 0 Å².